The standard InChI is InChI=1S/C10H22N2.CH2O3/c1-4-5-6-7-8-9-10(11)12(2)3;2-1(3)4/h11H,4-9H2,1-3H3;(H2,2,3,4). The van der Waals surface area contributed by atoms with E-state index in [-0.39, 0.29) is 0 Å². The molecule has 0 fully saturated rings. The van der Waals surface area contributed by atoms with Crippen molar-refractivity contribution in [3.05, 3.63) is 0 Å². The van der Waals surface area contributed by atoms with Crippen LogP contribution >= 0.6 is 0 Å². The van der Waals surface area contributed by atoms with Crippen molar-refractivity contribution in [3.8, 4) is 0 Å². The van der Waals surface area contributed by atoms with E-state index in [2.05, 4.69) is 6.92 Å². The van der Waals surface area contributed by atoms with Crippen LogP contribution in [0, 0.1) is 0 Å². The van der Waals surface area contributed by atoms with E-state index in [1.807, 2.05) is 18.7 Å². The van der Waals surface area contributed by atoms with Crippen LogP contribution < -0.4 is 10.8 Å². The van der Waals surface area contributed by atoms with Crippen LogP contribution in [0.4, 0.5) is 4.79 Å². The van der Waals surface area contributed by atoms with Crippen LogP contribution in [0.1, 0.15) is 45.4 Å². The van der Waals surface area contributed by atoms with E-state index < -0.39 is 6.16 Å². The SMILES string of the molecule is CCCCCCCC(N)=[N+](C)C.O=C([O-])O. The second-order valence-electron chi connectivity index (χ2n) is 3.82. The maximum Gasteiger partial charge on any atom is 0.249 e. The topological polar surface area (TPSA) is 89.4 Å². The Morgan fingerprint density at radius 1 is 1.25 bits per heavy atom. The molecule has 0 radical (unpaired) electrons. The van der Waals surface area contributed by atoms with Gasteiger partial charge in [-0.05, 0) is 6.42 Å². The van der Waals surface area contributed by atoms with Crippen LogP contribution in [0.15, 0.2) is 0 Å². The number of nitrogens with zero attached hydrogens (tertiary/aromatic N) is 1. The average Bonchev–Trinajstić information content (AvgIpc) is 2.16. The van der Waals surface area contributed by atoms with Crippen LogP contribution in [0.5, 0.6) is 0 Å². The minimum absolute atomic E-state index is 1.01. The van der Waals surface area contributed by atoms with Crippen molar-refractivity contribution in [1.29, 1.82) is 0 Å². The molecule has 0 aliphatic rings. The van der Waals surface area contributed by atoms with Gasteiger partial charge in [0.25, 0.3) is 0 Å². The molecule has 0 rings (SSSR count). The van der Waals surface area contributed by atoms with Gasteiger partial charge >= 0.3 is 0 Å². The molecule has 0 aromatic heterocycles. The number of hydrogen-bond acceptors (Lipinski definition) is 2. The summed E-state index contributed by atoms with van der Waals surface area (Å²) in [7, 11) is 4.00. The minimum Gasteiger partial charge on any atom is -0.565 e. The van der Waals surface area contributed by atoms with Gasteiger partial charge in [-0.25, -0.2) is 0 Å². The fraction of sp³-hybridized carbons (Fsp3) is 0.818. The lowest BCUT2D eigenvalue weighted by molar-refractivity contribution is -0.466. The zero-order chi connectivity index (χ0) is 13.0. The molecule has 0 bridgehead atoms. The molecule has 0 heterocycles. The summed E-state index contributed by atoms with van der Waals surface area (Å²) in [6.07, 6.45) is 5.56. The average molecular weight is 232 g/mol. The quantitative estimate of drug-likeness (QED) is 0.308. The van der Waals surface area contributed by atoms with Gasteiger partial charge in [-0.2, -0.15) is 0 Å². The predicted molar refractivity (Wildman–Crippen MR) is 62.7 cm³/mol. The number of hydrogen-bond donors (Lipinski definition) is 2. The number of amidine groups is 1. The molecular formula is C11H24N2O3. The number of unbranched alkanes of at least 4 members (excludes halogenated alkanes) is 4. The van der Waals surface area contributed by atoms with Crippen molar-refractivity contribution in [3.63, 3.8) is 0 Å². The monoisotopic (exact) mass is 232 g/mol. The normalized spacial score (nSPS) is 8.94. The highest BCUT2D eigenvalue weighted by atomic mass is 16.6. The van der Waals surface area contributed by atoms with Gasteiger partial charge in [-0.15, -0.1) is 0 Å². The molecule has 5 heteroatoms. The van der Waals surface area contributed by atoms with Crippen molar-refractivity contribution in [2.75, 3.05) is 14.1 Å². The van der Waals surface area contributed by atoms with Crippen LogP contribution in [0.25, 0.3) is 0 Å². The summed E-state index contributed by atoms with van der Waals surface area (Å²) < 4.78 is 2.00. The first-order valence-electron chi connectivity index (χ1n) is 5.60. The summed E-state index contributed by atoms with van der Waals surface area (Å²) in [6, 6.07) is 0. The lowest BCUT2D eigenvalue weighted by atomic mass is 10.1. The fourth-order valence-electron chi connectivity index (χ4n) is 1.13. The van der Waals surface area contributed by atoms with Crippen LogP contribution in [0.2, 0.25) is 0 Å². The van der Waals surface area contributed by atoms with E-state index in [1.165, 1.54) is 32.1 Å². The third-order valence-corrected chi connectivity index (χ3v) is 2.11. The van der Waals surface area contributed by atoms with Gasteiger partial charge in [0.2, 0.25) is 12.0 Å². The molecule has 3 N–H and O–H groups in total. The van der Waals surface area contributed by atoms with Crippen molar-refractivity contribution >= 4 is 12.0 Å². The summed E-state index contributed by atoms with van der Waals surface area (Å²) in [4.78, 5) is 8.44. The first-order chi connectivity index (χ1) is 7.41. The zero-order valence-electron chi connectivity index (χ0n) is 10.5. The number of carboxylic acid groups (broad SMARTS) is 2. The smallest absolute Gasteiger partial charge is 0.249 e. The number of nitrogens with two attached hydrogens (primary N) is 1. The van der Waals surface area contributed by atoms with E-state index in [0.717, 1.165) is 12.3 Å². The molecule has 0 aliphatic carbocycles. The van der Waals surface area contributed by atoms with Gasteiger partial charge in [0.15, 0.2) is 0 Å². The molecule has 5 nitrogen and oxygen atoms in total. The maximum absolute atomic E-state index is 8.44. The molecule has 0 aromatic carbocycles. The van der Waals surface area contributed by atoms with Crippen LogP contribution in [0.3, 0.4) is 0 Å². The molecule has 0 spiro atoms. The lowest BCUT2D eigenvalue weighted by Crippen LogP contribution is -2.22. The molecule has 0 aliphatic heterocycles. The summed E-state index contributed by atoms with van der Waals surface area (Å²) in [5.41, 5.74) is 5.77. The second kappa shape index (κ2) is 11.8. The Morgan fingerprint density at radius 2 is 1.69 bits per heavy atom. The van der Waals surface area contributed by atoms with Crippen molar-refractivity contribution in [1.82, 2.24) is 0 Å². The van der Waals surface area contributed by atoms with E-state index in [4.69, 9.17) is 20.7 Å². The highest BCUT2D eigenvalue weighted by Gasteiger charge is 1.99. The van der Waals surface area contributed by atoms with Crippen molar-refractivity contribution in [2.45, 2.75) is 45.4 Å². The Labute approximate surface area is 97.6 Å². The number of rotatable bonds is 6. The number of carbonyl (C=O) groups is 1. The van der Waals surface area contributed by atoms with E-state index in [1.54, 1.807) is 0 Å². The maximum atomic E-state index is 8.44. The first kappa shape index (κ1) is 17.1. The van der Waals surface area contributed by atoms with Gasteiger partial charge in [-0.1, -0.05) is 32.6 Å². The van der Waals surface area contributed by atoms with Gasteiger partial charge in [0, 0.05) is 6.42 Å². The molecule has 0 unspecified atom stereocenters. The van der Waals surface area contributed by atoms with Gasteiger partial charge < -0.3 is 15.0 Å². The third kappa shape index (κ3) is 18.5. The van der Waals surface area contributed by atoms with Gasteiger partial charge in [0.1, 0.15) is 0 Å². The van der Waals surface area contributed by atoms with Crippen LogP contribution in [-0.4, -0.2) is 35.8 Å². The first-order valence-corrected chi connectivity index (χ1v) is 5.60. The third-order valence-electron chi connectivity index (χ3n) is 2.11. The minimum atomic E-state index is -2.08. The van der Waals surface area contributed by atoms with E-state index >= 15 is 0 Å². The van der Waals surface area contributed by atoms with Crippen molar-refractivity contribution in [2.24, 2.45) is 5.73 Å². The Hall–Kier alpha value is -1.26. The molecule has 0 saturated heterocycles. The molecular weight excluding hydrogens is 208 g/mol. The lowest BCUT2D eigenvalue weighted by Gasteiger charge is -1.99. The van der Waals surface area contributed by atoms with Crippen LogP contribution in [-0.2, 0) is 0 Å². The van der Waals surface area contributed by atoms with Gasteiger partial charge in [0.05, 0.1) is 14.1 Å². The summed E-state index contributed by atoms with van der Waals surface area (Å²) in [6.45, 7) is 2.24. The molecule has 16 heavy (non-hydrogen) atoms. The van der Waals surface area contributed by atoms with E-state index in [0.29, 0.717) is 0 Å². The Bertz CT molecular complexity index is 207. The second-order valence-corrected chi connectivity index (χ2v) is 3.82. The van der Waals surface area contributed by atoms with E-state index in [9.17, 15) is 0 Å². The Kier molecular flexibility index (Phi) is 12.7. The highest BCUT2D eigenvalue weighted by molar-refractivity contribution is 5.74. The predicted octanol–water partition coefficient (Wildman–Crippen LogP) is 0.864. The molecule has 96 valence electrons. The molecule has 0 aromatic rings. The summed E-state index contributed by atoms with van der Waals surface area (Å²) in [5.74, 6) is 1.01. The Balaban J connectivity index is 0. The molecule has 0 amide bonds. The largest absolute Gasteiger partial charge is 0.565 e. The Morgan fingerprint density at radius 3 is 2.06 bits per heavy atom. The molecule has 0 saturated carbocycles. The van der Waals surface area contributed by atoms with Crippen molar-refractivity contribution < 1.29 is 19.6 Å². The zero-order valence-corrected chi connectivity index (χ0v) is 10.5. The highest BCUT2D eigenvalue weighted by Crippen LogP contribution is 2.04. The molecule has 0 atom stereocenters. The fourth-order valence-corrected chi connectivity index (χ4v) is 1.13. The summed E-state index contributed by atoms with van der Waals surface area (Å²) >= 11 is 0. The summed E-state index contributed by atoms with van der Waals surface area (Å²) in [5, 5.41) is 15.3. The van der Waals surface area contributed by atoms with Gasteiger partial charge in [-0.3, -0.25) is 10.3 Å².